The molecule has 132 valence electrons. The van der Waals surface area contributed by atoms with Crippen LogP contribution in [0.4, 0.5) is 5.69 Å². The first-order chi connectivity index (χ1) is 12.0. The van der Waals surface area contributed by atoms with Crippen LogP contribution >= 0.6 is 22.6 Å². The van der Waals surface area contributed by atoms with Gasteiger partial charge in [-0.15, -0.1) is 0 Å². The number of anilines is 1. The van der Waals surface area contributed by atoms with Crippen molar-refractivity contribution in [2.24, 2.45) is 0 Å². The third-order valence-corrected chi connectivity index (χ3v) is 4.47. The molecule has 1 amide bonds. The summed E-state index contributed by atoms with van der Waals surface area (Å²) in [7, 11) is 0. The van der Waals surface area contributed by atoms with Gasteiger partial charge in [-0.2, -0.15) is 0 Å². The molecule has 2 aromatic rings. The van der Waals surface area contributed by atoms with Gasteiger partial charge in [0.25, 0.3) is 5.91 Å². The normalized spacial score (nSPS) is 15.2. The fraction of sp³-hybridized carbons (Fsp3) is 0.316. The Hall–Kier alpha value is -1.96. The van der Waals surface area contributed by atoms with E-state index in [1.54, 1.807) is 0 Å². The summed E-state index contributed by atoms with van der Waals surface area (Å²) in [6.07, 6.45) is 0.985. The second kappa shape index (κ2) is 7.95. The van der Waals surface area contributed by atoms with Crippen LogP contribution in [-0.4, -0.2) is 25.2 Å². The summed E-state index contributed by atoms with van der Waals surface area (Å²) in [5.41, 5.74) is 1.70. The molecule has 0 spiro atoms. The molecule has 0 fully saturated rings. The third-order valence-electron chi connectivity index (χ3n) is 3.76. The number of halogens is 1. The van der Waals surface area contributed by atoms with Crippen molar-refractivity contribution in [2.45, 2.75) is 26.4 Å². The van der Waals surface area contributed by atoms with Crippen LogP contribution in [0.1, 0.15) is 19.4 Å². The number of ether oxygens (including phenoxy) is 3. The third kappa shape index (κ3) is 4.56. The number of rotatable bonds is 6. The molecule has 0 bridgehead atoms. The minimum Gasteiger partial charge on any atom is -0.492 e. The lowest BCUT2D eigenvalue weighted by atomic mass is 10.1. The summed E-state index contributed by atoms with van der Waals surface area (Å²) in [4.78, 5) is 12.2. The van der Waals surface area contributed by atoms with E-state index in [1.165, 1.54) is 0 Å². The average Bonchev–Trinajstić information content (AvgIpc) is 2.94. The molecule has 3 rings (SSSR count). The first-order valence-electron chi connectivity index (χ1n) is 8.19. The van der Waals surface area contributed by atoms with E-state index < -0.39 is 0 Å². The van der Waals surface area contributed by atoms with E-state index in [2.05, 4.69) is 27.9 Å². The number of benzene rings is 2. The van der Waals surface area contributed by atoms with E-state index in [0.717, 1.165) is 21.3 Å². The largest absolute Gasteiger partial charge is 0.492 e. The molecule has 1 aliphatic heterocycles. The van der Waals surface area contributed by atoms with Crippen molar-refractivity contribution in [1.29, 1.82) is 0 Å². The van der Waals surface area contributed by atoms with E-state index in [9.17, 15) is 4.79 Å². The quantitative estimate of drug-likeness (QED) is 0.672. The van der Waals surface area contributed by atoms with Gasteiger partial charge in [0.1, 0.15) is 23.4 Å². The van der Waals surface area contributed by atoms with Gasteiger partial charge in [0.05, 0.1) is 12.3 Å². The molecule has 5 nitrogen and oxygen atoms in total. The second-order valence-electron chi connectivity index (χ2n) is 5.81. The van der Waals surface area contributed by atoms with Gasteiger partial charge in [-0.3, -0.25) is 4.79 Å². The maximum absolute atomic E-state index is 12.2. The van der Waals surface area contributed by atoms with Crippen LogP contribution in [0.2, 0.25) is 0 Å². The van der Waals surface area contributed by atoms with Crippen molar-refractivity contribution in [3.8, 4) is 17.2 Å². The minimum absolute atomic E-state index is 0.0689. The standard InChI is InChI=1S/C19H20INO4/c1-3-23-18-9-13-8-12(2)25-17(13)10-16(18)21-19(22)11-24-15-6-4-14(20)5-7-15/h4-7,9-10,12H,3,8,11H2,1-2H3,(H,21,22)/t12-/m1/s1. The van der Waals surface area contributed by atoms with Crippen molar-refractivity contribution in [1.82, 2.24) is 0 Å². The predicted octanol–water partition coefficient (Wildman–Crippen LogP) is 4.03. The summed E-state index contributed by atoms with van der Waals surface area (Å²) in [5.74, 6) is 1.86. The van der Waals surface area contributed by atoms with Crippen LogP contribution in [0.25, 0.3) is 0 Å². The number of fused-ring (bicyclic) bond motifs is 1. The molecular formula is C19H20INO4. The van der Waals surface area contributed by atoms with Gasteiger partial charge < -0.3 is 19.5 Å². The van der Waals surface area contributed by atoms with Gasteiger partial charge in [0, 0.05) is 21.6 Å². The number of hydrogen-bond donors (Lipinski definition) is 1. The summed E-state index contributed by atoms with van der Waals surface area (Å²) in [5, 5.41) is 2.85. The number of nitrogens with one attached hydrogen (secondary N) is 1. The lowest BCUT2D eigenvalue weighted by Gasteiger charge is -2.14. The molecule has 0 saturated heterocycles. The number of amides is 1. The van der Waals surface area contributed by atoms with Crippen LogP contribution in [0.3, 0.4) is 0 Å². The van der Waals surface area contributed by atoms with Crippen LogP contribution < -0.4 is 19.5 Å². The Morgan fingerprint density at radius 1 is 1.28 bits per heavy atom. The zero-order chi connectivity index (χ0) is 17.8. The van der Waals surface area contributed by atoms with Crippen molar-refractivity contribution in [3.63, 3.8) is 0 Å². The molecule has 1 aliphatic rings. The van der Waals surface area contributed by atoms with Crippen molar-refractivity contribution >= 4 is 34.2 Å². The first-order valence-corrected chi connectivity index (χ1v) is 9.27. The molecule has 0 aliphatic carbocycles. The Kier molecular flexibility index (Phi) is 5.67. The topological polar surface area (TPSA) is 56.8 Å². The van der Waals surface area contributed by atoms with Crippen LogP contribution in [-0.2, 0) is 11.2 Å². The SMILES string of the molecule is CCOc1cc2c(cc1NC(=O)COc1ccc(I)cc1)O[C@H](C)C2. The zero-order valence-electron chi connectivity index (χ0n) is 14.2. The highest BCUT2D eigenvalue weighted by Crippen LogP contribution is 2.38. The highest BCUT2D eigenvalue weighted by Gasteiger charge is 2.22. The highest BCUT2D eigenvalue weighted by molar-refractivity contribution is 14.1. The molecular weight excluding hydrogens is 433 g/mol. The van der Waals surface area contributed by atoms with Gasteiger partial charge in [-0.25, -0.2) is 0 Å². The van der Waals surface area contributed by atoms with Gasteiger partial charge in [-0.1, -0.05) is 0 Å². The van der Waals surface area contributed by atoms with E-state index >= 15 is 0 Å². The van der Waals surface area contributed by atoms with Crippen LogP contribution in [0.5, 0.6) is 17.2 Å². The monoisotopic (exact) mass is 453 g/mol. The molecule has 1 heterocycles. The Balaban J connectivity index is 1.67. The molecule has 1 atom stereocenters. The minimum atomic E-state index is -0.245. The van der Waals surface area contributed by atoms with E-state index in [4.69, 9.17) is 14.2 Å². The summed E-state index contributed by atoms with van der Waals surface area (Å²) >= 11 is 2.22. The fourth-order valence-electron chi connectivity index (χ4n) is 2.68. The van der Waals surface area contributed by atoms with E-state index in [1.807, 2.05) is 50.2 Å². The Morgan fingerprint density at radius 2 is 2.04 bits per heavy atom. The van der Waals surface area contributed by atoms with Crippen molar-refractivity contribution in [3.05, 3.63) is 45.5 Å². The van der Waals surface area contributed by atoms with Gasteiger partial charge in [0.2, 0.25) is 0 Å². The van der Waals surface area contributed by atoms with Gasteiger partial charge in [0.15, 0.2) is 6.61 Å². The first kappa shape index (κ1) is 17.8. The number of carbonyl (C=O) groups excluding carboxylic acids is 1. The lowest BCUT2D eigenvalue weighted by molar-refractivity contribution is -0.118. The summed E-state index contributed by atoms with van der Waals surface area (Å²) < 4.78 is 18.1. The van der Waals surface area contributed by atoms with E-state index in [-0.39, 0.29) is 18.6 Å². The van der Waals surface area contributed by atoms with Gasteiger partial charge >= 0.3 is 0 Å². The zero-order valence-corrected chi connectivity index (χ0v) is 16.3. The number of hydrogen-bond acceptors (Lipinski definition) is 4. The molecule has 25 heavy (non-hydrogen) atoms. The predicted molar refractivity (Wildman–Crippen MR) is 105 cm³/mol. The molecule has 0 radical (unpaired) electrons. The Morgan fingerprint density at radius 3 is 2.76 bits per heavy atom. The second-order valence-corrected chi connectivity index (χ2v) is 7.06. The molecule has 1 N–H and O–H groups in total. The Labute approximate surface area is 160 Å². The maximum atomic E-state index is 12.2. The smallest absolute Gasteiger partial charge is 0.262 e. The summed E-state index contributed by atoms with van der Waals surface area (Å²) in [6, 6.07) is 11.3. The number of carbonyl (C=O) groups is 1. The van der Waals surface area contributed by atoms with Crippen molar-refractivity contribution < 1.29 is 19.0 Å². The van der Waals surface area contributed by atoms with E-state index in [0.29, 0.717) is 23.8 Å². The fourth-order valence-corrected chi connectivity index (χ4v) is 3.04. The molecule has 0 unspecified atom stereocenters. The Bertz CT molecular complexity index is 761. The lowest BCUT2D eigenvalue weighted by Crippen LogP contribution is -2.20. The molecule has 2 aromatic carbocycles. The highest BCUT2D eigenvalue weighted by atomic mass is 127. The summed E-state index contributed by atoms with van der Waals surface area (Å²) in [6.45, 7) is 4.39. The maximum Gasteiger partial charge on any atom is 0.262 e. The van der Waals surface area contributed by atoms with Crippen LogP contribution in [0, 0.1) is 3.57 Å². The van der Waals surface area contributed by atoms with Crippen LogP contribution in [0.15, 0.2) is 36.4 Å². The molecule has 0 saturated carbocycles. The average molecular weight is 453 g/mol. The van der Waals surface area contributed by atoms with Crippen molar-refractivity contribution in [2.75, 3.05) is 18.5 Å². The molecule has 0 aromatic heterocycles. The van der Waals surface area contributed by atoms with Gasteiger partial charge in [-0.05, 0) is 66.8 Å². The molecule has 6 heteroatoms.